The van der Waals surface area contributed by atoms with Crippen molar-refractivity contribution < 1.29 is 4.39 Å². The third-order valence-corrected chi connectivity index (χ3v) is 4.23. The fraction of sp³-hybridized carbons (Fsp3) is 0.250. The summed E-state index contributed by atoms with van der Waals surface area (Å²) in [5, 5.41) is 3.21. The number of thioether (sulfide) groups is 1. The van der Waals surface area contributed by atoms with E-state index in [-0.39, 0.29) is 5.82 Å². The zero-order valence-electron chi connectivity index (χ0n) is 11.2. The molecule has 0 radical (unpaired) electrons. The lowest BCUT2D eigenvalue weighted by molar-refractivity contribution is 0.617. The molecule has 2 aromatic carbocycles. The first-order valence-electron chi connectivity index (χ1n) is 6.34. The Balaban J connectivity index is 1.99. The van der Waals surface area contributed by atoms with E-state index >= 15 is 0 Å². The Hall–Kier alpha value is -1.32. The van der Waals surface area contributed by atoms with Crippen molar-refractivity contribution in [1.29, 1.82) is 0 Å². The van der Waals surface area contributed by atoms with E-state index in [1.54, 1.807) is 17.8 Å². The molecule has 2 rings (SSSR count). The lowest BCUT2D eigenvalue weighted by Crippen LogP contribution is -2.11. The molecule has 1 atom stereocenters. The molecular formula is C16H18FNS. The molecule has 2 aromatic rings. The molecule has 1 N–H and O–H groups in total. The van der Waals surface area contributed by atoms with Crippen LogP contribution in [-0.2, 0) is 5.75 Å². The summed E-state index contributed by atoms with van der Waals surface area (Å²) in [7, 11) is 1.95. The van der Waals surface area contributed by atoms with Crippen LogP contribution in [0.1, 0.15) is 24.1 Å². The average molecular weight is 275 g/mol. The standard InChI is InChI=1S/C16H18FNS/c1-12(18-2)13-7-9-15(10-8-13)19-11-14-5-3-4-6-16(14)17/h3-10,12,18H,11H2,1-2H3. The van der Waals surface area contributed by atoms with Crippen molar-refractivity contribution in [1.82, 2.24) is 5.32 Å². The minimum atomic E-state index is -0.129. The highest BCUT2D eigenvalue weighted by atomic mass is 32.2. The minimum Gasteiger partial charge on any atom is -0.313 e. The highest BCUT2D eigenvalue weighted by Crippen LogP contribution is 2.25. The van der Waals surface area contributed by atoms with Gasteiger partial charge in [0.2, 0.25) is 0 Å². The van der Waals surface area contributed by atoms with Gasteiger partial charge in [-0.25, -0.2) is 4.39 Å². The van der Waals surface area contributed by atoms with Crippen molar-refractivity contribution in [2.75, 3.05) is 7.05 Å². The van der Waals surface area contributed by atoms with E-state index in [9.17, 15) is 4.39 Å². The molecule has 0 bridgehead atoms. The van der Waals surface area contributed by atoms with Crippen molar-refractivity contribution in [3.05, 3.63) is 65.5 Å². The fourth-order valence-corrected chi connectivity index (χ4v) is 2.68. The average Bonchev–Trinajstić information content (AvgIpc) is 2.46. The van der Waals surface area contributed by atoms with Crippen molar-refractivity contribution in [3.8, 4) is 0 Å². The summed E-state index contributed by atoms with van der Waals surface area (Å²) < 4.78 is 13.5. The zero-order chi connectivity index (χ0) is 13.7. The van der Waals surface area contributed by atoms with Crippen LogP contribution in [0.4, 0.5) is 4.39 Å². The van der Waals surface area contributed by atoms with Gasteiger partial charge in [0.15, 0.2) is 0 Å². The Kier molecular flexibility index (Phi) is 5.00. The summed E-state index contributed by atoms with van der Waals surface area (Å²) in [5.41, 5.74) is 2.01. The van der Waals surface area contributed by atoms with Gasteiger partial charge in [-0.3, -0.25) is 0 Å². The Morgan fingerprint density at radius 1 is 1.11 bits per heavy atom. The monoisotopic (exact) mass is 275 g/mol. The molecule has 0 saturated carbocycles. The first kappa shape index (κ1) is 14.1. The van der Waals surface area contributed by atoms with Gasteiger partial charge in [-0.1, -0.05) is 30.3 Å². The van der Waals surface area contributed by atoms with E-state index in [0.717, 1.165) is 10.5 Å². The molecule has 0 amide bonds. The van der Waals surface area contributed by atoms with Gasteiger partial charge in [0.05, 0.1) is 0 Å². The van der Waals surface area contributed by atoms with Crippen LogP contribution in [0.3, 0.4) is 0 Å². The van der Waals surface area contributed by atoms with Gasteiger partial charge in [0.25, 0.3) is 0 Å². The topological polar surface area (TPSA) is 12.0 Å². The lowest BCUT2D eigenvalue weighted by atomic mass is 10.1. The van der Waals surface area contributed by atoms with E-state index in [1.165, 1.54) is 11.6 Å². The number of hydrogen-bond acceptors (Lipinski definition) is 2. The molecule has 0 fully saturated rings. The van der Waals surface area contributed by atoms with E-state index in [2.05, 4.69) is 36.5 Å². The summed E-state index contributed by atoms with van der Waals surface area (Å²) in [6, 6.07) is 15.7. The highest BCUT2D eigenvalue weighted by molar-refractivity contribution is 7.98. The SMILES string of the molecule is CNC(C)c1ccc(SCc2ccccc2F)cc1. The maximum absolute atomic E-state index is 13.5. The number of benzene rings is 2. The maximum atomic E-state index is 13.5. The van der Waals surface area contributed by atoms with Crippen LogP contribution in [0.5, 0.6) is 0 Å². The van der Waals surface area contributed by atoms with Crippen LogP contribution >= 0.6 is 11.8 Å². The van der Waals surface area contributed by atoms with Crippen molar-refractivity contribution in [2.24, 2.45) is 0 Å². The van der Waals surface area contributed by atoms with Gasteiger partial charge in [0, 0.05) is 16.7 Å². The van der Waals surface area contributed by atoms with Crippen molar-refractivity contribution >= 4 is 11.8 Å². The van der Waals surface area contributed by atoms with Gasteiger partial charge < -0.3 is 5.32 Å². The number of rotatable bonds is 5. The smallest absolute Gasteiger partial charge is 0.127 e. The Morgan fingerprint density at radius 3 is 2.42 bits per heavy atom. The number of hydrogen-bond donors (Lipinski definition) is 1. The first-order chi connectivity index (χ1) is 9.20. The van der Waals surface area contributed by atoms with Crippen LogP contribution in [0.25, 0.3) is 0 Å². The molecule has 0 aliphatic rings. The van der Waals surface area contributed by atoms with Crippen molar-refractivity contribution in [2.45, 2.75) is 23.6 Å². The summed E-state index contributed by atoms with van der Waals surface area (Å²) >= 11 is 1.66. The first-order valence-corrected chi connectivity index (χ1v) is 7.32. The molecule has 0 spiro atoms. The van der Waals surface area contributed by atoms with E-state index in [1.807, 2.05) is 19.2 Å². The molecule has 0 aliphatic carbocycles. The second-order valence-electron chi connectivity index (χ2n) is 4.46. The molecule has 0 saturated heterocycles. The third kappa shape index (κ3) is 3.82. The molecule has 0 aromatic heterocycles. The number of halogens is 1. The maximum Gasteiger partial charge on any atom is 0.127 e. The molecule has 100 valence electrons. The van der Waals surface area contributed by atoms with Crippen molar-refractivity contribution in [3.63, 3.8) is 0 Å². The normalized spacial score (nSPS) is 12.4. The van der Waals surface area contributed by atoms with Gasteiger partial charge in [-0.15, -0.1) is 11.8 Å². The van der Waals surface area contributed by atoms with E-state index < -0.39 is 0 Å². The zero-order valence-corrected chi connectivity index (χ0v) is 12.0. The molecule has 19 heavy (non-hydrogen) atoms. The summed E-state index contributed by atoms with van der Waals surface area (Å²) in [6.07, 6.45) is 0. The quantitative estimate of drug-likeness (QED) is 0.812. The van der Waals surface area contributed by atoms with Crippen LogP contribution in [0.15, 0.2) is 53.4 Å². The molecule has 1 unspecified atom stereocenters. The van der Waals surface area contributed by atoms with Crippen LogP contribution in [0.2, 0.25) is 0 Å². The Morgan fingerprint density at radius 2 is 1.79 bits per heavy atom. The van der Waals surface area contributed by atoms with Gasteiger partial charge in [-0.2, -0.15) is 0 Å². The predicted octanol–water partition coefficient (Wildman–Crippen LogP) is 4.40. The predicted molar refractivity (Wildman–Crippen MR) is 79.9 cm³/mol. The second-order valence-corrected chi connectivity index (χ2v) is 5.51. The molecule has 1 nitrogen and oxygen atoms in total. The summed E-state index contributed by atoms with van der Waals surface area (Å²) in [4.78, 5) is 1.16. The van der Waals surface area contributed by atoms with E-state index in [0.29, 0.717) is 11.8 Å². The van der Waals surface area contributed by atoms with Gasteiger partial charge in [0.1, 0.15) is 5.82 Å². The summed E-state index contributed by atoms with van der Waals surface area (Å²) in [5.74, 6) is 0.531. The second kappa shape index (κ2) is 6.73. The van der Waals surface area contributed by atoms with Crippen LogP contribution in [0, 0.1) is 5.82 Å². The molecule has 3 heteroatoms. The van der Waals surface area contributed by atoms with Crippen LogP contribution in [-0.4, -0.2) is 7.05 Å². The van der Waals surface area contributed by atoms with Gasteiger partial charge in [-0.05, 0) is 43.3 Å². The highest BCUT2D eigenvalue weighted by Gasteiger charge is 2.04. The Bertz CT molecular complexity index is 525. The molecule has 0 heterocycles. The third-order valence-electron chi connectivity index (χ3n) is 3.17. The van der Waals surface area contributed by atoms with Crippen LogP contribution < -0.4 is 5.32 Å². The Labute approximate surface area is 118 Å². The van der Waals surface area contributed by atoms with Gasteiger partial charge >= 0.3 is 0 Å². The largest absolute Gasteiger partial charge is 0.313 e. The molecular weight excluding hydrogens is 257 g/mol. The fourth-order valence-electron chi connectivity index (χ4n) is 1.80. The number of nitrogens with one attached hydrogen (secondary N) is 1. The molecule has 0 aliphatic heterocycles. The van der Waals surface area contributed by atoms with E-state index in [4.69, 9.17) is 0 Å². The lowest BCUT2D eigenvalue weighted by Gasteiger charge is -2.11. The minimum absolute atomic E-state index is 0.129. The summed E-state index contributed by atoms with van der Waals surface area (Å²) in [6.45, 7) is 2.13.